The molecule has 1 atom stereocenters. The van der Waals surface area contributed by atoms with Gasteiger partial charge in [0.1, 0.15) is 5.01 Å². The lowest BCUT2D eigenvalue weighted by Crippen LogP contribution is -2.33. The van der Waals surface area contributed by atoms with Crippen LogP contribution in [0.1, 0.15) is 41.8 Å². The van der Waals surface area contributed by atoms with E-state index in [1.807, 2.05) is 13.8 Å². The van der Waals surface area contributed by atoms with Gasteiger partial charge in [-0.3, -0.25) is 0 Å². The van der Waals surface area contributed by atoms with Crippen LogP contribution in [-0.4, -0.2) is 11.2 Å². The average molecular weight is 266 g/mol. The van der Waals surface area contributed by atoms with Gasteiger partial charge in [-0.1, -0.05) is 0 Å². The predicted octanol–water partition coefficient (Wildman–Crippen LogP) is 3.67. The molecule has 1 unspecified atom stereocenters. The van der Waals surface area contributed by atoms with Gasteiger partial charge in [0.2, 0.25) is 0 Å². The molecule has 0 fully saturated rings. The quantitative estimate of drug-likeness (QED) is 0.903. The van der Waals surface area contributed by atoms with Crippen LogP contribution < -0.4 is 5.73 Å². The minimum Gasteiger partial charge on any atom is -0.320 e. The van der Waals surface area contributed by atoms with Gasteiger partial charge in [0, 0.05) is 11.3 Å². The van der Waals surface area contributed by atoms with E-state index in [1.165, 1.54) is 11.3 Å². The number of hydrogen-bond acceptors (Lipinski definition) is 3. The van der Waals surface area contributed by atoms with Crippen molar-refractivity contribution in [1.29, 1.82) is 0 Å². The number of thiazole rings is 1. The van der Waals surface area contributed by atoms with Crippen molar-refractivity contribution in [2.75, 3.05) is 0 Å². The second-order valence-corrected chi connectivity index (χ2v) is 5.75. The smallest absolute Gasteiger partial charge is 0.320 e. The van der Waals surface area contributed by atoms with Gasteiger partial charge in [-0.25, -0.2) is 4.98 Å². The third-order valence-electron chi connectivity index (χ3n) is 2.67. The highest BCUT2D eigenvalue weighted by Gasteiger charge is 2.30. The van der Waals surface area contributed by atoms with Crippen molar-refractivity contribution in [2.24, 2.45) is 5.73 Å². The molecule has 0 bridgehead atoms. The van der Waals surface area contributed by atoms with Crippen LogP contribution in [0.2, 0.25) is 0 Å². The Kier molecular flexibility index (Phi) is 4.19. The van der Waals surface area contributed by atoms with E-state index in [1.54, 1.807) is 6.92 Å². The van der Waals surface area contributed by atoms with Crippen molar-refractivity contribution >= 4 is 11.3 Å². The summed E-state index contributed by atoms with van der Waals surface area (Å²) in [5.74, 6) is 0. The molecule has 0 aliphatic rings. The third-order valence-corrected chi connectivity index (χ3v) is 4.03. The summed E-state index contributed by atoms with van der Waals surface area (Å²) in [6.07, 6.45) is -4.57. The maximum absolute atomic E-state index is 12.0. The Balaban J connectivity index is 2.62. The molecule has 1 heterocycles. The molecule has 17 heavy (non-hydrogen) atoms. The van der Waals surface area contributed by atoms with Crippen LogP contribution in [0.25, 0.3) is 0 Å². The van der Waals surface area contributed by atoms with E-state index < -0.39 is 18.1 Å². The molecular formula is C11H17F3N2S. The highest BCUT2D eigenvalue weighted by atomic mass is 32.1. The van der Waals surface area contributed by atoms with Crippen LogP contribution in [0, 0.1) is 13.8 Å². The first-order valence-electron chi connectivity index (χ1n) is 5.42. The highest BCUT2D eigenvalue weighted by molar-refractivity contribution is 7.11. The van der Waals surface area contributed by atoms with Gasteiger partial charge < -0.3 is 5.73 Å². The lowest BCUT2D eigenvalue weighted by atomic mass is 9.97. The number of nitrogens with zero attached hydrogens (tertiary/aromatic N) is 1. The summed E-state index contributed by atoms with van der Waals surface area (Å²) in [6, 6.07) is 0. The first kappa shape index (κ1) is 14.4. The summed E-state index contributed by atoms with van der Waals surface area (Å²) >= 11 is 1.46. The van der Waals surface area contributed by atoms with E-state index in [4.69, 9.17) is 5.73 Å². The van der Waals surface area contributed by atoms with Gasteiger partial charge in [-0.05, 0) is 33.6 Å². The van der Waals surface area contributed by atoms with Gasteiger partial charge in [0.25, 0.3) is 0 Å². The van der Waals surface area contributed by atoms with Crippen molar-refractivity contribution < 1.29 is 13.2 Å². The fourth-order valence-electron chi connectivity index (χ4n) is 1.48. The van der Waals surface area contributed by atoms with E-state index in [0.29, 0.717) is 6.42 Å². The van der Waals surface area contributed by atoms with Crippen molar-refractivity contribution in [1.82, 2.24) is 4.98 Å². The Morgan fingerprint density at radius 2 is 1.82 bits per heavy atom. The predicted molar refractivity (Wildman–Crippen MR) is 63.0 cm³/mol. The lowest BCUT2D eigenvalue weighted by molar-refractivity contribution is -0.136. The minimum absolute atomic E-state index is 0.0359. The zero-order valence-corrected chi connectivity index (χ0v) is 11.0. The summed E-state index contributed by atoms with van der Waals surface area (Å²) < 4.78 is 36.1. The number of hydrogen-bond donors (Lipinski definition) is 1. The molecule has 6 heteroatoms. The van der Waals surface area contributed by atoms with Crippen LogP contribution in [0.15, 0.2) is 0 Å². The van der Waals surface area contributed by atoms with E-state index in [-0.39, 0.29) is 6.42 Å². The fourth-order valence-corrected chi connectivity index (χ4v) is 2.48. The summed E-state index contributed by atoms with van der Waals surface area (Å²) in [7, 11) is 0. The van der Waals surface area contributed by atoms with Crippen LogP contribution >= 0.6 is 11.3 Å². The largest absolute Gasteiger partial charge is 0.389 e. The zero-order chi connectivity index (χ0) is 13.3. The number of alkyl halides is 3. The van der Waals surface area contributed by atoms with Gasteiger partial charge in [0.15, 0.2) is 0 Å². The van der Waals surface area contributed by atoms with Crippen molar-refractivity contribution in [3.05, 3.63) is 15.6 Å². The van der Waals surface area contributed by atoms with E-state index in [0.717, 1.165) is 15.6 Å². The molecule has 1 aromatic heterocycles. The molecule has 0 aromatic carbocycles. The van der Waals surface area contributed by atoms with Crippen molar-refractivity contribution in [3.63, 3.8) is 0 Å². The lowest BCUT2D eigenvalue weighted by Gasteiger charge is -2.22. The molecule has 0 saturated carbocycles. The maximum atomic E-state index is 12.0. The summed E-state index contributed by atoms with van der Waals surface area (Å²) in [5, 5.41) is 0.717. The third kappa shape index (κ3) is 4.27. The molecule has 0 aliphatic heterocycles. The van der Waals surface area contributed by atoms with E-state index >= 15 is 0 Å². The SMILES string of the molecule is Cc1nc(C(C)(N)CCCC(F)(F)F)sc1C. The molecule has 0 radical (unpaired) electrons. The second kappa shape index (κ2) is 4.94. The molecule has 0 saturated heterocycles. The Morgan fingerprint density at radius 3 is 2.24 bits per heavy atom. The molecule has 1 aromatic rings. The number of rotatable bonds is 4. The molecule has 2 N–H and O–H groups in total. The second-order valence-electron chi connectivity index (χ2n) is 4.55. The average Bonchev–Trinajstić information content (AvgIpc) is 2.45. The van der Waals surface area contributed by atoms with Crippen LogP contribution in [0.3, 0.4) is 0 Å². The highest BCUT2D eigenvalue weighted by Crippen LogP contribution is 2.31. The molecule has 0 spiro atoms. The summed E-state index contributed by atoms with van der Waals surface area (Å²) in [5.41, 5.74) is 6.16. The van der Waals surface area contributed by atoms with Crippen LogP contribution in [0.5, 0.6) is 0 Å². The molecule has 0 amide bonds. The Bertz CT molecular complexity index is 363. The Morgan fingerprint density at radius 1 is 1.24 bits per heavy atom. The Labute approximate surface area is 103 Å². The number of halogens is 3. The fraction of sp³-hybridized carbons (Fsp3) is 0.727. The van der Waals surface area contributed by atoms with Gasteiger partial charge in [0.05, 0.1) is 11.2 Å². The summed E-state index contributed by atoms with van der Waals surface area (Å²) in [6.45, 7) is 5.55. The zero-order valence-electron chi connectivity index (χ0n) is 10.2. The molecule has 98 valence electrons. The maximum Gasteiger partial charge on any atom is 0.389 e. The standard InChI is InChI=1S/C11H17F3N2S/c1-7-8(2)17-9(16-7)10(3,15)5-4-6-11(12,13)14/h4-6,15H2,1-3H3. The van der Waals surface area contributed by atoms with Crippen LogP contribution in [0.4, 0.5) is 13.2 Å². The first-order chi connectivity index (χ1) is 7.62. The topological polar surface area (TPSA) is 38.9 Å². The normalized spacial score (nSPS) is 15.9. The number of nitrogens with two attached hydrogens (primary N) is 1. The number of aryl methyl sites for hydroxylation is 2. The summed E-state index contributed by atoms with van der Waals surface area (Å²) in [4.78, 5) is 5.37. The minimum atomic E-state index is -4.11. The molecule has 0 aliphatic carbocycles. The monoisotopic (exact) mass is 266 g/mol. The van der Waals surface area contributed by atoms with Crippen LogP contribution in [-0.2, 0) is 5.54 Å². The first-order valence-corrected chi connectivity index (χ1v) is 6.23. The van der Waals surface area contributed by atoms with E-state index in [9.17, 15) is 13.2 Å². The van der Waals surface area contributed by atoms with Crippen molar-refractivity contribution in [2.45, 2.75) is 51.7 Å². The van der Waals surface area contributed by atoms with E-state index in [2.05, 4.69) is 4.98 Å². The van der Waals surface area contributed by atoms with Crippen molar-refractivity contribution in [3.8, 4) is 0 Å². The van der Waals surface area contributed by atoms with Gasteiger partial charge in [-0.2, -0.15) is 13.2 Å². The van der Waals surface area contributed by atoms with Gasteiger partial charge >= 0.3 is 6.18 Å². The Hall–Kier alpha value is -0.620. The molecule has 2 nitrogen and oxygen atoms in total. The van der Waals surface area contributed by atoms with Gasteiger partial charge in [-0.15, -0.1) is 11.3 Å². The number of aromatic nitrogens is 1. The molecular weight excluding hydrogens is 249 g/mol. The molecule has 1 rings (SSSR count).